The lowest BCUT2D eigenvalue weighted by Gasteiger charge is -2.25. The maximum atomic E-state index is 4.68. The van der Waals surface area contributed by atoms with Crippen LogP contribution in [0.3, 0.4) is 0 Å². The van der Waals surface area contributed by atoms with Gasteiger partial charge in [0.05, 0.1) is 0 Å². The van der Waals surface area contributed by atoms with E-state index in [9.17, 15) is 0 Å². The van der Waals surface area contributed by atoms with Gasteiger partial charge in [0.2, 0.25) is 0 Å². The zero-order valence-electron chi connectivity index (χ0n) is 10.7. The minimum Gasteiger partial charge on any atom is -0.332 e. The first-order chi connectivity index (χ1) is 8.33. The van der Waals surface area contributed by atoms with Crippen molar-refractivity contribution in [2.24, 2.45) is 11.8 Å². The van der Waals surface area contributed by atoms with Crippen molar-refractivity contribution in [1.82, 2.24) is 9.55 Å². The number of hydrogen-bond donors (Lipinski definition) is 0. The highest BCUT2D eigenvalue weighted by Gasteiger charge is 2.21. The molecule has 0 amide bonds. The van der Waals surface area contributed by atoms with Gasteiger partial charge in [-0.25, -0.2) is 4.98 Å². The van der Waals surface area contributed by atoms with Gasteiger partial charge in [-0.3, -0.25) is 0 Å². The molecule has 1 saturated heterocycles. The fourth-order valence-electron chi connectivity index (χ4n) is 3.05. The molecule has 1 atom stereocenters. The Kier molecular flexibility index (Phi) is 3.46. The molecule has 3 rings (SSSR count). The summed E-state index contributed by atoms with van der Waals surface area (Å²) in [4.78, 5) is 4.68. The zero-order valence-corrected chi connectivity index (χ0v) is 11.5. The topological polar surface area (TPSA) is 17.8 Å². The van der Waals surface area contributed by atoms with Gasteiger partial charge in [-0.1, -0.05) is 6.92 Å². The summed E-state index contributed by atoms with van der Waals surface area (Å²) < 4.78 is 2.51. The normalized spacial score (nSPS) is 25.8. The van der Waals surface area contributed by atoms with Crippen LogP contribution in [0.15, 0.2) is 6.20 Å². The molecule has 0 aromatic carbocycles. The van der Waals surface area contributed by atoms with Gasteiger partial charge < -0.3 is 4.57 Å². The van der Waals surface area contributed by atoms with Crippen molar-refractivity contribution in [3.63, 3.8) is 0 Å². The van der Waals surface area contributed by atoms with Crippen LogP contribution in [0.5, 0.6) is 0 Å². The maximum absolute atomic E-state index is 4.68. The number of hydrogen-bond acceptors (Lipinski definition) is 2. The van der Waals surface area contributed by atoms with Crippen molar-refractivity contribution in [3.05, 3.63) is 17.7 Å². The molecule has 94 valence electrons. The number of fused-ring (bicyclic) bond motifs is 1. The van der Waals surface area contributed by atoms with Crippen LogP contribution in [0.25, 0.3) is 0 Å². The molecular formula is C14H22N2S. The number of rotatable bonds is 2. The Hall–Kier alpha value is -0.440. The van der Waals surface area contributed by atoms with Crippen LogP contribution in [0.4, 0.5) is 0 Å². The monoisotopic (exact) mass is 250 g/mol. The molecule has 2 aliphatic heterocycles. The first-order valence-electron chi connectivity index (χ1n) is 6.94. The summed E-state index contributed by atoms with van der Waals surface area (Å²) in [7, 11) is 0. The van der Waals surface area contributed by atoms with E-state index in [1.807, 2.05) is 0 Å². The van der Waals surface area contributed by atoms with Gasteiger partial charge in [0.1, 0.15) is 5.82 Å². The third kappa shape index (κ3) is 2.54. The van der Waals surface area contributed by atoms with E-state index in [-0.39, 0.29) is 0 Å². The van der Waals surface area contributed by atoms with E-state index < -0.39 is 0 Å². The van der Waals surface area contributed by atoms with Crippen molar-refractivity contribution >= 4 is 11.8 Å². The number of imidazole rings is 1. The maximum Gasteiger partial charge on any atom is 0.109 e. The SMILES string of the molecule is CC1CCc2cnc(CC3CCSCC3)n2C1. The molecular weight excluding hydrogens is 228 g/mol. The summed E-state index contributed by atoms with van der Waals surface area (Å²) in [5.41, 5.74) is 1.48. The van der Waals surface area contributed by atoms with E-state index in [1.165, 1.54) is 61.7 Å². The van der Waals surface area contributed by atoms with Crippen LogP contribution >= 0.6 is 11.8 Å². The Bertz CT molecular complexity index is 380. The summed E-state index contributed by atoms with van der Waals surface area (Å²) in [5.74, 6) is 5.80. The average Bonchev–Trinajstić information content (AvgIpc) is 2.73. The second kappa shape index (κ2) is 5.05. The van der Waals surface area contributed by atoms with Gasteiger partial charge in [-0.15, -0.1) is 0 Å². The standard InChI is InChI=1S/C14H22N2S/c1-11-2-3-13-9-15-14(16(13)10-11)8-12-4-6-17-7-5-12/h9,11-12H,2-8,10H2,1H3. The van der Waals surface area contributed by atoms with Crippen molar-refractivity contribution < 1.29 is 0 Å². The van der Waals surface area contributed by atoms with Gasteiger partial charge in [-0.2, -0.15) is 11.8 Å². The van der Waals surface area contributed by atoms with E-state index in [1.54, 1.807) is 0 Å². The molecule has 1 unspecified atom stereocenters. The Balaban J connectivity index is 1.72. The number of thioether (sulfide) groups is 1. The predicted molar refractivity (Wildman–Crippen MR) is 73.5 cm³/mol. The second-order valence-corrected chi connectivity index (χ2v) is 6.90. The van der Waals surface area contributed by atoms with E-state index in [0.29, 0.717) is 0 Å². The molecule has 2 aliphatic rings. The van der Waals surface area contributed by atoms with E-state index in [0.717, 1.165) is 11.8 Å². The molecule has 3 heteroatoms. The molecule has 2 nitrogen and oxygen atoms in total. The van der Waals surface area contributed by atoms with Crippen LogP contribution < -0.4 is 0 Å². The molecule has 0 saturated carbocycles. The Morgan fingerprint density at radius 1 is 1.35 bits per heavy atom. The number of aromatic nitrogens is 2. The molecule has 1 aromatic heterocycles. The summed E-state index contributed by atoms with van der Waals surface area (Å²) in [5, 5.41) is 0. The van der Waals surface area contributed by atoms with Crippen molar-refractivity contribution in [2.45, 2.75) is 45.6 Å². The minimum atomic E-state index is 0.831. The van der Waals surface area contributed by atoms with Crippen molar-refractivity contribution in [1.29, 1.82) is 0 Å². The molecule has 0 aliphatic carbocycles. The van der Waals surface area contributed by atoms with Gasteiger partial charge in [-0.05, 0) is 49.0 Å². The summed E-state index contributed by atoms with van der Waals surface area (Å²) in [6.45, 7) is 3.57. The largest absolute Gasteiger partial charge is 0.332 e. The molecule has 17 heavy (non-hydrogen) atoms. The van der Waals surface area contributed by atoms with Crippen LogP contribution in [0.1, 0.15) is 37.7 Å². The van der Waals surface area contributed by atoms with E-state index in [4.69, 9.17) is 0 Å². The Morgan fingerprint density at radius 3 is 3.00 bits per heavy atom. The van der Waals surface area contributed by atoms with Crippen LogP contribution in [-0.4, -0.2) is 21.1 Å². The van der Waals surface area contributed by atoms with Crippen LogP contribution in [-0.2, 0) is 19.4 Å². The second-order valence-electron chi connectivity index (χ2n) is 5.68. The van der Waals surface area contributed by atoms with Crippen molar-refractivity contribution in [2.75, 3.05) is 11.5 Å². The molecule has 0 bridgehead atoms. The Morgan fingerprint density at radius 2 is 2.18 bits per heavy atom. The fourth-order valence-corrected chi connectivity index (χ4v) is 4.25. The van der Waals surface area contributed by atoms with Crippen molar-refractivity contribution in [3.8, 4) is 0 Å². The molecule has 0 N–H and O–H groups in total. The van der Waals surface area contributed by atoms with Gasteiger partial charge in [0, 0.05) is 24.9 Å². The molecule has 1 fully saturated rings. The van der Waals surface area contributed by atoms with E-state index >= 15 is 0 Å². The fraction of sp³-hybridized carbons (Fsp3) is 0.786. The highest BCUT2D eigenvalue weighted by atomic mass is 32.2. The lowest BCUT2D eigenvalue weighted by molar-refractivity contribution is 0.378. The highest BCUT2D eigenvalue weighted by molar-refractivity contribution is 7.99. The van der Waals surface area contributed by atoms with Crippen LogP contribution in [0, 0.1) is 11.8 Å². The third-order valence-corrected chi connectivity index (χ3v) is 5.27. The van der Waals surface area contributed by atoms with Gasteiger partial charge in [0.25, 0.3) is 0 Å². The lowest BCUT2D eigenvalue weighted by atomic mass is 9.97. The molecule has 0 spiro atoms. The number of aryl methyl sites for hydroxylation is 1. The highest BCUT2D eigenvalue weighted by Crippen LogP contribution is 2.27. The first-order valence-corrected chi connectivity index (χ1v) is 8.09. The molecule has 0 radical (unpaired) electrons. The van der Waals surface area contributed by atoms with E-state index in [2.05, 4.69) is 34.4 Å². The predicted octanol–water partition coefficient (Wildman–Crippen LogP) is 3.15. The smallest absolute Gasteiger partial charge is 0.109 e. The summed E-state index contributed by atoms with van der Waals surface area (Å²) in [6, 6.07) is 0. The first kappa shape index (κ1) is 11.6. The van der Waals surface area contributed by atoms with Gasteiger partial charge in [0.15, 0.2) is 0 Å². The summed E-state index contributed by atoms with van der Waals surface area (Å²) >= 11 is 2.11. The third-order valence-electron chi connectivity index (χ3n) is 4.22. The lowest BCUT2D eigenvalue weighted by Crippen LogP contribution is -2.21. The minimum absolute atomic E-state index is 0.831. The Labute approximate surface area is 108 Å². The zero-order chi connectivity index (χ0) is 11.7. The number of nitrogens with zero attached hydrogens (tertiary/aromatic N) is 2. The quantitative estimate of drug-likeness (QED) is 0.802. The summed E-state index contributed by atoms with van der Waals surface area (Å²) in [6.07, 6.45) is 8.69. The van der Waals surface area contributed by atoms with Crippen LogP contribution in [0.2, 0.25) is 0 Å². The molecule has 1 aromatic rings. The average molecular weight is 250 g/mol. The molecule has 3 heterocycles. The van der Waals surface area contributed by atoms with Gasteiger partial charge >= 0.3 is 0 Å².